The largest absolute Gasteiger partial charge is 0.392 e. The fourth-order valence-electron chi connectivity index (χ4n) is 0. The number of alkyl halides is 1. The van der Waals surface area contributed by atoms with Crippen LogP contribution in [0.3, 0.4) is 0 Å². The normalized spacial score (nSPS) is 11.6. The van der Waals surface area contributed by atoms with E-state index in [1.54, 1.807) is 6.92 Å². The first kappa shape index (κ1) is 11.1. The third-order valence-corrected chi connectivity index (χ3v) is 0.670. The Morgan fingerprint density at radius 3 is 1.75 bits per heavy atom. The average Bonchev–Trinajstić information content (AvgIpc) is 1.69. The first-order valence-corrected chi connectivity index (χ1v) is 3.05. The topological polar surface area (TPSA) is 32.3 Å². The summed E-state index contributed by atoms with van der Waals surface area (Å²) in [6, 6.07) is 0. The molecule has 0 aromatic rings. The fraction of sp³-hybridized carbons (Fsp3) is 1.00. The molecule has 0 bridgehead atoms. The van der Waals surface area contributed by atoms with Crippen molar-refractivity contribution < 1.29 is 5.11 Å². The summed E-state index contributed by atoms with van der Waals surface area (Å²) in [7, 11) is 3.75. The van der Waals surface area contributed by atoms with Crippen molar-refractivity contribution in [3.8, 4) is 0 Å². The second-order valence-electron chi connectivity index (χ2n) is 1.50. The minimum atomic E-state index is -0.350. The third kappa shape index (κ3) is 34.5. The number of aliphatic hydroxyl groups is 1. The van der Waals surface area contributed by atoms with Crippen LogP contribution in [0.25, 0.3) is 0 Å². The maximum absolute atomic E-state index is 8.23. The van der Waals surface area contributed by atoms with Crippen molar-refractivity contribution in [2.24, 2.45) is 0 Å². The first-order valence-electron chi connectivity index (χ1n) is 2.51. The molecule has 52 valence electrons. The van der Waals surface area contributed by atoms with Crippen molar-refractivity contribution >= 4 is 11.6 Å². The highest BCUT2D eigenvalue weighted by Gasteiger charge is 1.83. The van der Waals surface area contributed by atoms with E-state index >= 15 is 0 Å². The molecule has 0 aromatic carbocycles. The minimum absolute atomic E-state index is 0.333. The van der Waals surface area contributed by atoms with Crippen molar-refractivity contribution in [1.29, 1.82) is 0 Å². The number of rotatable bonds is 1. The standard InChI is InChI=1S/C3H7ClO.C2H7N/c1-3(5)2-4;1-3-2/h3,5H,2H2,1H3;3H,1-2H3. The van der Waals surface area contributed by atoms with Gasteiger partial charge in [-0.1, -0.05) is 0 Å². The van der Waals surface area contributed by atoms with Gasteiger partial charge in [-0.2, -0.15) is 0 Å². The molecule has 2 N–H and O–H groups in total. The maximum Gasteiger partial charge on any atom is 0.0647 e. The third-order valence-electron chi connectivity index (χ3n) is 0.223. The molecule has 0 fully saturated rings. The number of hydrogen-bond acceptors (Lipinski definition) is 2. The van der Waals surface area contributed by atoms with E-state index in [0.29, 0.717) is 5.88 Å². The summed E-state index contributed by atoms with van der Waals surface area (Å²) in [5.41, 5.74) is 0. The molecular weight excluding hydrogens is 126 g/mol. The van der Waals surface area contributed by atoms with E-state index in [9.17, 15) is 0 Å². The summed E-state index contributed by atoms with van der Waals surface area (Å²) in [5.74, 6) is 0.333. The van der Waals surface area contributed by atoms with Crippen LogP contribution in [-0.2, 0) is 0 Å². The smallest absolute Gasteiger partial charge is 0.0647 e. The quantitative estimate of drug-likeness (QED) is 0.517. The summed E-state index contributed by atoms with van der Waals surface area (Å²) < 4.78 is 0. The Hall–Kier alpha value is 0.210. The molecule has 0 saturated heterocycles. The number of hydrogen-bond donors (Lipinski definition) is 2. The molecule has 0 saturated carbocycles. The molecule has 1 unspecified atom stereocenters. The van der Waals surface area contributed by atoms with Crippen LogP contribution < -0.4 is 5.32 Å². The van der Waals surface area contributed by atoms with Gasteiger partial charge in [-0.05, 0) is 21.0 Å². The van der Waals surface area contributed by atoms with E-state index in [2.05, 4.69) is 5.32 Å². The van der Waals surface area contributed by atoms with Crippen molar-refractivity contribution in [3.05, 3.63) is 0 Å². The highest BCUT2D eigenvalue weighted by atomic mass is 35.5. The molecule has 0 aliphatic rings. The van der Waals surface area contributed by atoms with Gasteiger partial charge < -0.3 is 10.4 Å². The summed E-state index contributed by atoms with van der Waals surface area (Å²) in [6.07, 6.45) is -0.350. The average molecular weight is 140 g/mol. The summed E-state index contributed by atoms with van der Waals surface area (Å²) in [6.45, 7) is 1.65. The zero-order valence-electron chi connectivity index (χ0n) is 5.61. The molecule has 0 aliphatic heterocycles. The number of halogens is 1. The molecule has 0 amide bonds. The Balaban J connectivity index is 0. The Morgan fingerprint density at radius 1 is 1.62 bits per heavy atom. The predicted octanol–water partition coefficient (Wildman–Crippen LogP) is 0.442. The van der Waals surface area contributed by atoms with Crippen molar-refractivity contribution in [2.45, 2.75) is 13.0 Å². The summed E-state index contributed by atoms with van der Waals surface area (Å²) >= 11 is 5.09. The second kappa shape index (κ2) is 10.2. The minimum Gasteiger partial charge on any atom is -0.392 e. The molecule has 0 radical (unpaired) electrons. The van der Waals surface area contributed by atoms with Crippen LogP contribution in [0, 0.1) is 0 Å². The predicted molar refractivity (Wildman–Crippen MR) is 37.4 cm³/mol. The lowest BCUT2D eigenvalue weighted by molar-refractivity contribution is 0.219. The van der Waals surface area contributed by atoms with Crippen LogP contribution in [0.4, 0.5) is 0 Å². The van der Waals surface area contributed by atoms with Gasteiger partial charge in [0.25, 0.3) is 0 Å². The van der Waals surface area contributed by atoms with Gasteiger partial charge in [0.2, 0.25) is 0 Å². The van der Waals surface area contributed by atoms with Gasteiger partial charge in [-0.3, -0.25) is 0 Å². The van der Waals surface area contributed by atoms with Crippen LogP contribution in [0.5, 0.6) is 0 Å². The first-order chi connectivity index (χ1) is 3.68. The fourth-order valence-corrected chi connectivity index (χ4v) is 0. The Bertz CT molecular complexity index is 33.6. The van der Waals surface area contributed by atoms with Gasteiger partial charge in [-0.15, -0.1) is 11.6 Å². The summed E-state index contributed by atoms with van der Waals surface area (Å²) in [5, 5.41) is 11.0. The van der Waals surface area contributed by atoms with Crippen LogP contribution in [-0.4, -0.2) is 31.2 Å². The molecule has 0 aliphatic carbocycles. The van der Waals surface area contributed by atoms with E-state index in [0.717, 1.165) is 0 Å². The zero-order chi connectivity index (χ0) is 6.99. The van der Waals surface area contributed by atoms with Crippen molar-refractivity contribution in [3.63, 3.8) is 0 Å². The van der Waals surface area contributed by atoms with Gasteiger partial charge in [0, 0.05) is 5.88 Å². The molecule has 0 rings (SSSR count). The van der Waals surface area contributed by atoms with Crippen LogP contribution in [0.1, 0.15) is 6.92 Å². The van der Waals surface area contributed by atoms with Gasteiger partial charge in [0.05, 0.1) is 6.10 Å². The molecule has 0 aromatic heterocycles. The second-order valence-corrected chi connectivity index (χ2v) is 1.81. The van der Waals surface area contributed by atoms with Crippen molar-refractivity contribution in [1.82, 2.24) is 5.32 Å². The lowest BCUT2D eigenvalue weighted by Crippen LogP contribution is -1.98. The molecule has 3 heteroatoms. The molecule has 2 nitrogen and oxygen atoms in total. The zero-order valence-corrected chi connectivity index (χ0v) is 6.37. The van der Waals surface area contributed by atoms with Gasteiger partial charge in [0.15, 0.2) is 0 Å². The molecule has 1 atom stereocenters. The highest BCUT2D eigenvalue weighted by molar-refractivity contribution is 6.18. The molecule has 0 spiro atoms. The molecule has 0 heterocycles. The lowest BCUT2D eigenvalue weighted by Gasteiger charge is -1.88. The SMILES string of the molecule is CC(O)CCl.CNC. The van der Waals surface area contributed by atoms with E-state index in [1.807, 2.05) is 14.1 Å². The van der Waals surface area contributed by atoms with E-state index in [4.69, 9.17) is 16.7 Å². The van der Waals surface area contributed by atoms with E-state index in [1.165, 1.54) is 0 Å². The highest BCUT2D eigenvalue weighted by Crippen LogP contribution is 1.80. The Morgan fingerprint density at radius 2 is 1.75 bits per heavy atom. The molecular formula is C5H14ClNO. The number of aliphatic hydroxyl groups excluding tert-OH is 1. The van der Waals surface area contributed by atoms with Gasteiger partial charge in [0.1, 0.15) is 0 Å². The Labute approximate surface area is 55.9 Å². The monoisotopic (exact) mass is 139 g/mol. The maximum atomic E-state index is 8.23. The lowest BCUT2D eigenvalue weighted by atomic mass is 10.5. The summed E-state index contributed by atoms with van der Waals surface area (Å²) in [4.78, 5) is 0. The van der Waals surface area contributed by atoms with E-state index in [-0.39, 0.29) is 6.10 Å². The van der Waals surface area contributed by atoms with Crippen molar-refractivity contribution in [2.75, 3.05) is 20.0 Å². The molecule has 8 heavy (non-hydrogen) atoms. The van der Waals surface area contributed by atoms with E-state index < -0.39 is 0 Å². The Kier molecular flexibility index (Phi) is 14.2. The van der Waals surface area contributed by atoms with Crippen LogP contribution in [0.2, 0.25) is 0 Å². The van der Waals surface area contributed by atoms with Crippen LogP contribution >= 0.6 is 11.6 Å². The van der Waals surface area contributed by atoms with Gasteiger partial charge >= 0.3 is 0 Å². The van der Waals surface area contributed by atoms with Gasteiger partial charge in [-0.25, -0.2) is 0 Å². The van der Waals surface area contributed by atoms with Crippen LogP contribution in [0.15, 0.2) is 0 Å². The number of nitrogens with one attached hydrogen (secondary N) is 1.